The second-order valence-corrected chi connectivity index (χ2v) is 8.02. The molecule has 1 N–H and O–H groups in total. The molecule has 0 aliphatic carbocycles. The van der Waals surface area contributed by atoms with Gasteiger partial charge in [0.15, 0.2) is 6.61 Å². The summed E-state index contributed by atoms with van der Waals surface area (Å²) in [6.45, 7) is 10.3. The lowest BCUT2D eigenvalue weighted by Crippen LogP contribution is -2.49. The van der Waals surface area contributed by atoms with Crippen LogP contribution in [0, 0.1) is 20.8 Å². The van der Waals surface area contributed by atoms with E-state index in [9.17, 15) is 9.59 Å². The topological polar surface area (TPSA) is 58.6 Å². The largest absolute Gasteiger partial charge is 0.484 e. The van der Waals surface area contributed by atoms with Gasteiger partial charge < -0.3 is 15.0 Å². The van der Waals surface area contributed by atoms with E-state index in [1.165, 1.54) is 0 Å². The molecular formula is C24H31ClN2O3. The van der Waals surface area contributed by atoms with E-state index in [0.717, 1.165) is 28.7 Å². The summed E-state index contributed by atoms with van der Waals surface area (Å²) in [6, 6.07) is 10.9. The average Bonchev–Trinajstić information content (AvgIpc) is 2.71. The number of aryl methyl sites for hydroxylation is 3. The van der Waals surface area contributed by atoms with E-state index in [-0.39, 0.29) is 18.4 Å². The molecule has 2 aromatic rings. The van der Waals surface area contributed by atoms with Gasteiger partial charge in [-0.05, 0) is 62.9 Å². The summed E-state index contributed by atoms with van der Waals surface area (Å²) in [7, 11) is 0. The summed E-state index contributed by atoms with van der Waals surface area (Å²) < 4.78 is 5.76. The third-order valence-corrected chi connectivity index (χ3v) is 5.52. The number of benzene rings is 2. The lowest BCUT2D eigenvalue weighted by atomic mass is 10.1. The zero-order valence-electron chi connectivity index (χ0n) is 18.4. The average molecular weight is 431 g/mol. The summed E-state index contributed by atoms with van der Waals surface area (Å²) in [4.78, 5) is 27.2. The van der Waals surface area contributed by atoms with Gasteiger partial charge in [-0.3, -0.25) is 9.59 Å². The molecule has 0 unspecified atom stereocenters. The van der Waals surface area contributed by atoms with Crippen LogP contribution in [0.5, 0.6) is 5.75 Å². The van der Waals surface area contributed by atoms with Crippen molar-refractivity contribution in [2.24, 2.45) is 0 Å². The van der Waals surface area contributed by atoms with E-state index in [1.807, 2.05) is 64.1 Å². The minimum Gasteiger partial charge on any atom is -0.484 e. The molecule has 162 valence electrons. The highest BCUT2D eigenvalue weighted by Gasteiger charge is 2.26. The van der Waals surface area contributed by atoms with Crippen LogP contribution in [-0.4, -0.2) is 35.9 Å². The van der Waals surface area contributed by atoms with E-state index in [4.69, 9.17) is 16.3 Å². The maximum Gasteiger partial charge on any atom is 0.261 e. The van der Waals surface area contributed by atoms with E-state index in [0.29, 0.717) is 23.9 Å². The molecule has 2 amide bonds. The third kappa shape index (κ3) is 6.49. The lowest BCUT2D eigenvalue weighted by molar-refractivity contribution is -0.142. The predicted molar refractivity (Wildman–Crippen MR) is 121 cm³/mol. The van der Waals surface area contributed by atoms with Crippen LogP contribution in [0.25, 0.3) is 0 Å². The molecule has 0 fully saturated rings. The Balaban J connectivity index is 2.17. The van der Waals surface area contributed by atoms with Gasteiger partial charge in [0.25, 0.3) is 5.91 Å². The van der Waals surface area contributed by atoms with Crippen molar-refractivity contribution in [1.29, 1.82) is 0 Å². The van der Waals surface area contributed by atoms with Crippen molar-refractivity contribution in [1.82, 2.24) is 10.2 Å². The number of carbonyl (C=O) groups is 2. The van der Waals surface area contributed by atoms with Gasteiger partial charge in [-0.15, -0.1) is 0 Å². The zero-order chi connectivity index (χ0) is 22.3. The Morgan fingerprint density at radius 3 is 2.40 bits per heavy atom. The lowest BCUT2D eigenvalue weighted by Gasteiger charge is -2.29. The van der Waals surface area contributed by atoms with Crippen molar-refractivity contribution in [2.75, 3.05) is 13.2 Å². The summed E-state index contributed by atoms with van der Waals surface area (Å²) in [5.74, 6) is 0.165. The molecule has 2 rings (SSSR count). The predicted octanol–water partition coefficient (Wildman–Crippen LogP) is 4.59. The quantitative estimate of drug-likeness (QED) is 0.633. The molecule has 0 bridgehead atoms. The van der Waals surface area contributed by atoms with E-state index in [1.54, 1.807) is 11.8 Å². The van der Waals surface area contributed by atoms with Gasteiger partial charge in [0.1, 0.15) is 11.8 Å². The molecule has 0 spiro atoms. The fourth-order valence-corrected chi connectivity index (χ4v) is 3.31. The fourth-order valence-electron chi connectivity index (χ4n) is 3.20. The number of carbonyl (C=O) groups excluding carboxylic acids is 2. The molecule has 30 heavy (non-hydrogen) atoms. The van der Waals surface area contributed by atoms with Crippen molar-refractivity contribution in [2.45, 2.75) is 53.6 Å². The monoisotopic (exact) mass is 430 g/mol. The van der Waals surface area contributed by atoms with Crippen LogP contribution in [0.3, 0.4) is 0 Å². The van der Waals surface area contributed by atoms with Crippen LogP contribution in [0.15, 0.2) is 36.4 Å². The Kier molecular flexibility index (Phi) is 8.72. The number of halogens is 1. The van der Waals surface area contributed by atoms with Gasteiger partial charge in [0, 0.05) is 18.1 Å². The highest BCUT2D eigenvalue weighted by atomic mass is 35.5. The van der Waals surface area contributed by atoms with E-state index < -0.39 is 6.04 Å². The molecule has 0 saturated heterocycles. The standard InChI is InChI=1S/C24H31ClN2O3/c1-6-10-26-24(29)19(5)27(14-20-9-7-8-16(2)11-20)22(28)15-30-21-12-17(3)23(25)18(4)13-21/h7-9,11-13,19H,6,10,14-15H2,1-5H3,(H,26,29)/t19-/m0/s1. The number of ether oxygens (including phenoxy) is 1. The summed E-state index contributed by atoms with van der Waals surface area (Å²) in [6.07, 6.45) is 0.836. The molecule has 0 aliphatic heterocycles. The zero-order valence-corrected chi connectivity index (χ0v) is 19.2. The van der Waals surface area contributed by atoms with Crippen molar-refractivity contribution in [3.05, 3.63) is 63.7 Å². The van der Waals surface area contributed by atoms with Gasteiger partial charge >= 0.3 is 0 Å². The SMILES string of the molecule is CCCNC(=O)[C@H](C)N(Cc1cccc(C)c1)C(=O)COc1cc(C)c(Cl)c(C)c1. The number of amides is 2. The smallest absolute Gasteiger partial charge is 0.261 e. The molecule has 6 heteroatoms. The molecule has 2 aromatic carbocycles. The second-order valence-electron chi connectivity index (χ2n) is 7.64. The van der Waals surface area contributed by atoms with E-state index >= 15 is 0 Å². The van der Waals surface area contributed by atoms with Crippen LogP contribution in [0.2, 0.25) is 5.02 Å². The number of nitrogens with zero attached hydrogens (tertiary/aromatic N) is 1. The molecule has 5 nitrogen and oxygen atoms in total. The van der Waals surface area contributed by atoms with Crippen LogP contribution < -0.4 is 10.1 Å². The first-order valence-electron chi connectivity index (χ1n) is 10.2. The highest BCUT2D eigenvalue weighted by Crippen LogP contribution is 2.26. The molecule has 0 radical (unpaired) electrons. The molecule has 0 saturated carbocycles. The molecule has 1 atom stereocenters. The van der Waals surface area contributed by atoms with Crippen LogP contribution >= 0.6 is 11.6 Å². The number of hydrogen-bond donors (Lipinski definition) is 1. The van der Waals surface area contributed by atoms with Crippen molar-refractivity contribution >= 4 is 23.4 Å². The number of nitrogens with one attached hydrogen (secondary N) is 1. The Hall–Kier alpha value is -2.53. The molecule has 0 aliphatic rings. The maximum atomic E-state index is 13.1. The van der Waals surface area contributed by atoms with Crippen molar-refractivity contribution in [3.8, 4) is 5.75 Å². The summed E-state index contributed by atoms with van der Waals surface area (Å²) >= 11 is 6.21. The van der Waals surface area contributed by atoms with Gasteiger partial charge in [-0.25, -0.2) is 0 Å². The van der Waals surface area contributed by atoms with Crippen molar-refractivity contribution in [3.63, 3.8) is 0 Å². The molecular weight excluding hydrogens is 400 g/mol. The highest BCUT2D eigenvalue weighted by molar-refractivity contribution is 6.32. The van der Waals surface area contributed by atoms with Gasteiger partial charge in [-0.1, -0.05) is 48.4 Å². The maximum absolute atomic E-state index is 13.1. The van der Waals surface area contributed by atoms with Gasteiger partial charge in [0.05, 0.1) is 0 Å². The minimum absolute atomic E-state index is 0.155. The molecule has 0 aromatic heterocycles. The molecule has 0 heterocycles. The van der Waals surface area contributed by atoms with Gasteiger partial charge in [0.2, 0.25) is 5.91 Å². The Morgan fingerprint density at radius 1 is 1.13 bits per heavy atom. The normalized spacial score (nSPS) is 11.7. The number of hydrogen-bond acceptors (Lipinski definition) is 3. The first kappa shape index (κ1) is 23.7. The van der Waals surface area contributed by atoms with Gasteiger partial charge in [-0.2, -0.15) is 0 Å². The minimum atomic E-state index is -0.609. The Labute approximate surface area is 184 Å². The van der Waals surface area contributed by atoms with Crippen LogP contribution in [-0.2, 0) is 16.1 Å². The summed E-state index contributed by atoms with van der Waals surface area (Å²) in [5, 5.41) is 3.56. The Morgan fingerprint density at radius 2 is 1.80 bits per heavy atom. The van der Waals surface area contributed by atoms with E-state index in [2.05, 4.69) is 5.32 Å². The van der Waals surface area contributed by atoms with Crippen molar-refractivity contribution < 1.29 is 14.3 Å². The second kappa shape index (κ2) is 11.0. The summed E-state index contributed by atoms with van der Waals surface area (Å²) in [5.41, 5.74) is 3.86. The first-order chi connectivity index (χ1) is 14.2. The Bertz CT molecular complexity index is 875. The third-order valence-electron chi connectivity index (χ3n) is 4.92. The number of rotatable bonds is 9. The van der Waals surface area contributed by atoms with Crippen LogP contribution in [0.1, 0.15) is 42.5 Å². The fraction of sp³-hybridized carbons (Fsp3) is 0.417. The first-order valence-corrected chi connectivity index (χ1v) is 10.6. The van der Waals surface area contributed by atoms with Crippen LogP contribution in [0.4, 0.5) is 0 Å².